The lowest BCUT2D eigenvalue weighted by atomic mass is 9.87. The number of benzene rings is 1. The van der Waals surface area contributed by atoms with Gasteiger partial charge in [-0.05, 0) is 44.7 Å². The third-order valence-corrected chi connectivity index (χ3v) is 6.45. The highest BCUT2D eigenvalue weighted by molar-refractivity contribution is 5.79. The highest BCUT2D eigenvalue weighted by Gasteiger charge is 2.45. The summed E-state index contributed by atoms with van der Waals surface area (Å²) in [6.07, 6.45) is 8.88. The molecule has 0 saturated carbocycles. The standard InChI is InChI=1S/C22H30N4O/c1-18-4-6-19(7-5-18)15-26-21(27)8-10-22(26)9-3-12-25(13-11-22)16-20-14-23-17-24(20)2/h4-7,14,17H,3,8-13,15-16H2,1-2H3. The molecule has 0 radical (unpaired) electrons. The number of amides is 1. The van der Waals surface area contributed by atoms with Crippen LogP contribution in [0.4, 0.5) is 0 Å². The molecule has 1 amide bonds. The number of carbonyl (C=O) groups is 1. The van der Waals surface area contributed by atoms with E-state index in [9.17, 15) is 4.79 Å². The van der Waals surface area contributed by atoms with Crippen LogP contribution in [0.5, 0.6) is 0 Å². The summed E-state index contributed by atoms with van der Waals surface area (Å²) in [6, 6.07) is 8.62. The van der Waals surface area contributed by atoms with E-state index < -0.39 is 0 Å². The maximum absolute atomic E-state index is 12.7. The van der Waals surface area contributed by atoms with Crippen molar-refractivity contribution in [3.63, 3.8) is 0 Å². The van der Waals surface area contributed by atoms with Crippen molar-refractivity contribution in [2.24, 2.45) is 7.05 Å². The minimum Gasteiger partial charge on any atom is -0.337 e. The number of hydrogen-bond donors (Lipinski definition) is 0. The molecule has 0 N–H and O–H groups in total. The van der Waals surface area contributed by atoms with Crippen LogP contribution >= 0.6 is 0 Å². The minimum absolute atomic E-state index is 0.0448. The molecule has 0 bridgehead atoms. The van der Waals surface area contributed by atoms with Crippen LogP contribution in [0.3, 0.4) is 0 Å². The smallest absolute Gasteiger partial charge is 0.223 e. The van der Waals surface area contributed by atoms with Gasteiger partial charge in [-0.2, -0.15) is 0 Å². The van der Waals surface area contributed by atoms with Crippen molar-refractivity contribution in [2.45, 2.75) is 57.7 Å². The fourth-order valence-corrected chi connectivity index (χ4v) is 4.68. The van der Waals surface area contributed by atoms with Crippen LogP contribution in [0, 0.1) is 6.92 Å². The van der Waals surface area contributed by atoms with Gasteiger partial charge in [-0.3, -0.25) is 9.69 Å². The monoisotopic (exact) mass is 366 g/mol. The molecular weight excluding hydrogens is 336 g/mol. The molecule has 2 aliphatic rings. The van der Waals surface area contributed by atoms with Crippen molar-refractivity contribution < 1.29 is 4.79 Å². The molecule has 4 rings (SSSR count). The molecule has 5 nitrogen and oxygen atoms in total. The average Bonchev–Trinajstić information content (AvgIpc) is 3.11. The summed E-state index contributed by atoms with van der Waals surface area (Å²) in [6.45, 7) is 5.94. The summed E-state index contributed by atoms with van der Waals surface area (Å²) in [4.78, 5) is 21.7. The van der Waals surface area contributed by atoms with E-state index in [1.807, 2.05) is 12.5 Å². The van der Waals surface area contributed by atoms with Crippen LogP contribution < -0.4 is 0 Å². The van der Waals surface area contributed by atoms with E-state index in [1.54, 1.807) is 0 Å². The van der Waals surface area contributed by atoms with Crippen LogP contribution in [0.1, 0.15) is 48.9 Å². The predicted octanol–water partition coefficient (Wildman–Crippen LogP) is 3.28. The summed E-state index contributed by atoms with van der Waals surface area (Å²) in [5.41, 5.74) is 3.81. The Morgan fingerprint density at radius 2 is 1.89 bits per heavy atom. The molecule has 2 fully saturated rings. The Morgan fingerprint density at radius 1 is 1.07 bits per heavy atom. The van der Waals surface area contributed by atoms with Crippen LogP contribution in [-0.4, -0.2) is 43.9 Å². The van der Waals surface area contributed by atoms with Gasteiger partial charge >= 0.3 is 0 Å². The lowest BCUT2D eigenvalue weighted by Gasteiger charge is -2.38. The fraction of sp³-hybridized carbons (Fsp3) is 0.545. The van der Waals surface area contributed by atoms with Crippen molar-refractivity contribution in [2.75, 3.05) is 13.1 Å². The lowest BCUT2D eigenvalue weighted by molar-refractivity contribution is -0.132. The van der Waals surface area contributed by atoms with E-state index in [-0.39, 0.29) is 5.54 Å². The molecule has 1 atom stereocenters. The number of imidazole rings is 1. The van der Waals surface area contributed by atoms with Gasteiger partial charge in [-0.1, -0.05) is 29.8 Å². The third kappa shape index (κ3) is 3.79. The SMILES string of the molecule is Cc1ccc(CN2C(=O)CCC23CCCN(Cc2cncn2C)CC3)cc1. The zero-order valence-electron chi connectivity index (χ0n) is 16.5. The number of rotatable bonds is 4. The molecule has 27 heavy (non-hydrogen) atoms. The Hall–Kier alpha value is -2.14. The molecule has 2 aliphatic heterocycles. The first-order chi connectivity index (χ1) is 13.1. The first-order valence-electron chi connectivity index (χ1n) is 10.1. The predicted molar refractivity (Wildman–Crippen MR) is 106 cm³/mol. The summed E-state index contributed by atoms with van der Waals surface area (Å²) in [5, 5.41) is 0. The van der Waals surface area contributed by atoms with Gasteiger partial charge in [-0.25, -0.2) is 4.98 Å². The van der Waals surface area contributed by atoms with Crippen LogP contribution in [0.15, 0.2) is 36.8 Å². The van der Waals surface area contributed by atoms with Crippen molar-refractivity contribution in [1.29, 1.82) is 0 Å². The van der Waals surface area contributed by atoms with Crippen molar-refractivity contribution >= 4 is 5.91 Å². The molecule has 1 spiro atoms. The number of nitrogens with zero attached hydrogens (tertiary/aromatic N) is 4. The molecule has 1 unspecified atom stereocenters. The molecule has 5 heteroatoms. The first kappa shape index (κ1) is 18.2. The maximum atomic E-state index is 12.7. The van der Waals surface area contributed by atoms with E-state index in [4.69, 9.17) is 0 Å². The van der Waals surface area contributed by atoms with E-state index in [2.05, 4.69) is 57.6 Å². The molecule has 2 aromatic rings. The Morgan fingerprint density at radius 3 is 2.63 bits per heavy atom. The third-order valence-electron chi connectivity index (χ3n) is 6.45. The molecule has 3 heterocycles. The van der Waals surface area contributed by atoms with E-state index in [1.165, 1.54) is 16.8 Å². The Bertz CT molecular complexity index is 797. The molecule has 2 saturated heterocycles. The number of carbonyl (C=O) groups excluding carboxylic acids is 1. The molecule has 0 aliphatic carbocycles. The summed E-state index contributed by atoms with van der Waals surface area (Å²) < 4.78 is 2.10. The van der Waals surface area contributed by atoms with Crippen molar-refractivity contribution in [3.05, 3.63) is 53.6 Å². The second-order valence-electron chi connectivity index (χ2n) is 8.32. The Labute approximate surface area is 162 Å². The van der Waals surface area contributed by atoms with Gasteiger partial charge in [0.1, 0.15) is 0 Å². The maximum Gasteiger partial charge on any atom is 0.223 e. The second-order valence-corrected chi connectivity index (χ2v) is 8.32. The fourth-order valence-electron chi connectivity index (χ4n) is 4.68. The number of likely N-dealkylation sites (tertiary alicyclic amines) is 2. The van der Waals surface area contributed by atoms with Crippen LogP contribution in [-0.2, 0) is 24.9 Å². The summed E-state index contributed by atoms with van der Waals surface area (Å²) >= 11 is 0. The lowest BCUT2D eigenvalue weighted by Crippen LogP contribution is -2.45. The molecule has 1 aromatic carbocycles. The topological polar surface area (TPSA) is 41.4 Å². The van der Waals surface area contributed by atoms with Crippen molar-refractivity contribution in [3.8, 4) is 0 Å². The molecule has 144 valence electrons. The van der Waals surface area contributed by atoms with Gasteiger partial charge in [0, 0.05) is 44.8 Å². The zero-order chi connectivity index (χ0) is 18.9. The Kier molecular flexibility index (Phi) is 5.04. The van der Waals surface area contributed by atoms with Gasteiger partial charge in [-0.15, -0.1) is 0 Å². The van der Waals surface area contributed by atoms with Crippen LogP contribution in [0.25, 0.3) is 0 Å². The quantitative estimate of drug-likeness (QED) is 0.834. The first-order valence-corrected chi connectivity index (χ1v) is 10.1. The van der Waals surface area contributed by atoms with Crippen LogP contribution in [0.2, 0.25) is 0 Å². The van der Waals surface area contributed by atoms with E-state index in [0.29, 0.717) is 12.3 Å². The van der Waals surface area contributed by atoms with E-state index >= 15 is 0 Å². The second kappa shape index (κ2) is 7.47. The van der Waals surface area contributed by atoms with Gasteiger partial charge in [0.15, 0.2) is 0 Å². The average molecular weight is 367 g/mol. The van der Waals surface area contributed by atoms with Gasteiger partial charge in [0.25, 0.3) is 0 Å². The number of aromatic nitrogens is 2. The molecular formula is C22H30N4O. The van der Waals surface area contributed by atoms with Gasteiger partial charge < -0.3 is 9.47 Å². The zero-order valence-corrected chi connectivity index (χ0v) is 16.5. The van der Waals surface area contributed by atoms with E-state index in [0.717, 1.165) is 51.9 Å². The Balaban J connectivity index is 1.46. The number of hydrogen-bond acceptors (Lipinski definition) is 3. The minimum atomic E-state index is 0.0448. The van der Waals surface area contributed by atoms with Gasteiger partial charge in [0.2, 0.25) is 5.91 Å². The van der Waals surface area contributed by atoms with Gasteiger partial charge in [0.05, 0.1) is 12.0 Å². The highest BCUT2D eigenvalue weighted by Crippen LogP contribution is 2.40. The normalized spacial score (nSPS) is 23.9. The highest BCUT2D eigenvalue weighted by atomic mass is 16.2. The summed E-state index contributed by atoms with van der Waals surface area (Å²) in [5.74, 6) is 0.329. The summed E-state index contributed by atoms with van der Waals surface area (Å²) in [7, 11) is 2.06. The number of aryl methyl sites for hydroxylation is 2. The molecule has 1 aromatic heterocycles. The van der Waals surface area contributed by atoms with Crippen molar-refractivity contribution in [1.82, 2.24) is 19.4 Å². The largest absolute Gasteiger partial charge is 0.337 e.